The van der Waals surface area contributed by atoms with Gasteiger partial charge in [0.2, 0.25) is 11.8 Å². The fraction of sp³-hybridized carbons (Fsp3) is 0.370. The summed E-state index contributed by atoms with van der Waals surface area (Å²) in [7, 11) is 1.96. The minimum atomic E-state index is -0.820. The summed E-state index contributed by atoms with van der Waals surface area (Å²) in [5.41, 5.74) is 3.70. The first-order valence-electron chi connectivity index (χ1n) is 12.6. The van der Waals surface area contributed by atoms with Crippen molar-refractivity contribution in [2.75, 3.05) is 0 Å². The molecule has 4 amide bonds. The average molecular weight is 520 g/mol. The maximum atomic E-state index is 15.3. The molecule has 0 radical (unpaired) electrons. The molecule has 3 heterocycles. The second-order valence-electron chi connectivity index (χ2n) is 10.1. The van der Waals surface area contributed by atoms with E-state index in [9.17, 15) is 19.2 Å². The second-order valence-corrected chi connectivity index (χ2v) is 10.1. The van der Waals surface area contributed by atoms with Gasteiger partial charge < -0.3 is 19.5 Å². The molecular weight excluding hydrogens is 493 g/mol. The molecule has 2 fully saturated rings. The number of fused-ring (bicyclic) bond motifs is 2. The van der Waals surface area contributed by atoms with Crippen molar-refractivity contribution < 1.29 is 28.3 Å². The number of amides is 4. The lowest BCUT2D eigenvalue weighted by molar-refractivity contribution is -0.136. The topological polar surface area (TPSA) is 123 Å². The Kier molecular flexibility index (Phi) is 5.85. The van der Waals surface area contributed by atoms with Crippen molar-refractivity contribution in [1.29, 1.82) is 0 Å². The van der Waals surface area contributed by atoms with Crippen LogP contribution in [0.3, 0.4) is 0 Å². The molecule has 0 bridgehead atoms. The fourth-order valence-electron chi connectivity index (χ4n) is 5.64. The zero-order chi connectivity index (χ0) is 26.6. The number of nitrogens with one attached hydrogen (secondary N) is 2. The van der Waals surface area contributed by atoms with E-state index in [-0.39, 0.29) is 55.0 Å². The number of carbonyl (C=O) groups excluding carboxylic acids is 4. The molecule has 3 aromatic rings. The summed E-state index contributed by atoms with van der Waals surface area (Å²) in [5.74, 6) is -2.00. The molecule has 6 rings (SSSR count). The summed E-state index contributed by atoms with van der Waals surface area (Å²) in [5, 5.41) is 4.81. The number of hydrogen-bond donors (Lipinski definition) is 2. The Hall–Kier alpha value is -4.28. The monoisotopic (exact) mass is 519 g/mol. The molecule has 0 unspecified atom stereocenters. The maximum Gasteiger partial charge on any atom is 0.407 e. The van der Waals surface area contributed by atoms with E-state index in [1.54, 1.807) is 12.4 Å². The summed E-state index contributed by atoms with van der Waals surface area (Å²) in [6, 6.07) is 8.34. The van der Waals surface area contributed by atoms with Crippen LogP contribution in [-0.2, 0) is 34.5 Å². The number of hydrogen-bond acceptors (Lipinski definition) is 6. The molecule has 1 saturated heterocycles. The number of ether oxygens (including phenoxy) is 1. The third kappa shape index (κ3) is 4.07. The molecule has 2 aliphatic heterocycles. The van der Waals surface area contributed by atoms with Crippen LogP contribution in [0.1, 0.15) is 58.6 Å². The van der Waals surface area contributed by atoms with Crippen molar-refractivity contribution in [3.05, 3.63) is 64.7 Å². The summed E-state index contributed by atoms with van der Waals surface area (Å²) >= 11 is 0. The van der Waals surface area contributed by atoms with E-state index in [4.69, 9.17) is 4.74 Å². The first-order chi connectivity index (χ1) is 18.3. The van der Waals surface area contributed by atoms with Crippen LogP contribution in [0, 0.1) is 5.82 Å². The number of para-hydroxylation sites is 1. The number of alkyl carbamates (subject to hydrolysis) is 1. The van der Waals surface area contributed by atoms with E-state index in [0.717, 1.165) is 11.0 Å². The Bertz CT molecular complexity index is 1490. The highest BCUT2D eigenvalue weighted by atomic mass is 19.1. The van der Waals surface area contributed by atoms with Gasteiger partial charge in [-0.3, -0.25) is 19.7 Å². The standard InChI is InChI=1S/C27H26FN5O5/c1-32-13-30-19-4-2-3-18(24(19)32)16-9-17(10-16)38-27(37)29-11-14-5-6-15-12-33(26(36)22(15)23(14)28)20-7-8-21(34)31-25(20)35/h2-6,13,16-17,20H,7-12H2,1H3,(H,29,37)(H,31,34,35)/t16?,17?,20-/m0/s1. The molecule has 0 spiro atoms. The van der Waals surface area contributed by atoms with Gasteiger partial charge in [0, 0.05) is 32.1 Å². The van der Waals surface area contributed by atoms with Crippen LogP contribution in [-0.4, -0.2) is 50.4 Å². The molecule has 2 N–H and O–H groups in total. The van der Waals surface area contributed by atoms with E-state index >= 15 is 4.39 Å². The van der Waals surface area contributed by atoms with Gasteiger partial charge in [-0.15, -0.1) is 0 Å². The smallest absolute Gasteiger partial charge is 0.407 e. The van der Waals surface area contributed by atoms with E-state index < -0.39 is 29.8 Å². The van der Waals surface area contributed by atoms with Gasteiger partial charge in [0.1, 0.15) is 18.0 Å². The number of halogens is 1. The summed E-state index contributed by atoms with van der Waals surface area (Å²) in [4.78, 5) is 54.7. The number of imide groups is 1. The molecule has 196 valence electrons. The molecular formula is C27H26FN5O5. The van der Waals surface area contributed by atoms with Gasteiger partial charge >= 0.3 is 6.09 Å². The van der Waals surface area contributed by atoms with Crippen LogP contribution in [0.25, 0.3) is 11.0 Å². The maximum absolute atomic E-state index is 15.3. The highest BCUT2D eigenvalue weighted by Gasteiger charge is 2.41. The average Bonchev–Trinajstić information content (AvgIpc) is 3.41. The summed E-state index contributed by atoms with van der Waals surface area (Å²) < 4.78 is 22.8. The summed E-state index contributed by atoms with van der Waals surface area (Å²) in [6.07, 6.45) is 2.60. The van der Waals surface area contributed by atoms with Gasteiger partial charge in [0.15, 0.2) is 0 Å². The molecule has 38 heavy (non-hydrogen) atoms. The van der Waals surface area contributed by atoms with Crippen LogP contribution >= 0.6 is 0 Å². The van der Waals surface area contributed by atoms with Crippen molar-refractivity contribution in [3.63, 3.8) is 0 Å². The Morgan fingerprint density at radius 1 is 1.21 bits per heavy atom. The zero-order valence-electron chi connectivity index (χ0n) is 20.7. The number of rotatable bonds is 5. The van der Waals surface area contributed by atoms with E-state index in [0.29, 0.717) is 18.4 Å². The van der Waals surface area contributed by atoms with E-state index in [1.807, 2.05) is 23.7 Å². The normalized spacial score (nSPS) is 22.7. The van der Waals surface area contributed by atoms with Crippen LogP contribution in [0.5, 0.6) is 0 Å². The Labute approximate surface area is 217 Å². The van der Waals surface area contributed by atoms with Crippen molar-refractivity contribution >= 4 is 34.8 Å². The highest BCUT2D eigenvalue weighted by molar-refractivity contribution is 6.05. The molecule has 10 nitrogen and oxygen atoms in total. The van der Waals surface area contributed by atoms with Gasteiger partial charge in [-0.2, -0.15) is 0 Å². The minimum absolute atomic E-state index is 0.0858. The van der Waals surface area contributed by atoms with Gasteiger partial charge in [-0.1, -0.05) is 24.3 Å². The molecule has 2 aromatic carbocycles. The number of piperidine rings is 1. The summed E-state index contributed by atoms with van der Waals surface area (Å²) in [6.45, 7) is -0.0589. The molecule has 11 heteroatoms. The van der Waals surface area contributed by atoms with Crippen LogP contribution < -0.4 is 10.6 Å². The number of nitrogens with zero attached hydrogens (tertiary/aromatic N) is 3. The van der Waals surface area contributed by atoms with Crippen molar-refractivity contribution in [1.82, 2.24) is 25.1 Å². The van der Waals surface area contributed by atoms with E-state index in [2.05, 4.69) is 21.7 Å². The molecule has 1 saturated carbocycles. The van der Waals surface area contributed by atoms with Crippen LogP contribution in [0.15, 0.2) is 36.7 Å². The van der Waals surface area contributed by atoms with Crippen molar-refractivity contribution in [2.45, 2.75) is 56.8 Å². The highest BCUT2D eigenvalue weighted by Crippen LogP contribution is 2.41. The first kappa shape index (κ1) is 24.1. The van der Waals surface area contributed by atoms with Gasteiger partial charge in [0.05, 0.1) is 22.9 Å². The van der Waals surface area contributed by atoms with Gasteiger partial charge in [-0.25, -0.2) is 14.2 Å². The lowest BCUT2D eigenvalue weighted by Crippen LogP contribution is -2.52. The van der Waals surface area contributed by atoms with Gasteiger partial charge in [-0.05, 0) is 42.4 Å². The van der Waals surface area contributed by atoms with Gasteiger partial charge in [0.25, 0.3) is 5.91 Å². The SMILES string of the molecule is Cn1cnc2cccc(C3CC(OC(=O)NCc4ccc5c(c4F)C(=O)N([C@H]4CCC(=O)NC4=O)C5)C3)c21. The Morgan fingerprint density at radius 2 is 2.03 bits per heavy atom. The Morgan fingerprint density at radius 3 is 2.82 bits per heavy atom. The molecule has 1 aromatic heterocycles. The number of imidazole rings is 1. The lowest BCUT2D eigenvalue weighted by Gasteiger charge is -2.35. The predicted molar refractivity (Wildman–Crippen MR) is 132 cm³/mol. The van der Waals surface area contributed by atoms with Crippen molar-refractivity contribution in [3.8, 4) is 0 Å². The number of aromatic nitrogens is 2. The fourth-order valence-corrected chi connectivity index (χ4v) is 5.64. The third-order valence-electron chi connectivity index (χ3n) is 7.71. The lowest BCUT2D eigenvalue weighted by atomic mass is 9.77. The zero-order valence-corrected chi connectivity index (χ0v) is 20.7. The number of carbonyl (C=O) groups is 4. The quantitative estimate of drug-likeness (QED) is 0.500. The molecule has 1 aliphatic carbocycles. The molecule has 1 atom stereocenters. The molecule has 3 aliphatic rings. The predicted octanol–water partition coefficient (Wildman–Crippen LogP) is 2.65. The third-order valence-corrected chi connectivity index (χ3v) is 7.71. The first-order valence-corrected chi connectivity index (χ1v) is 12.6. The Balaban J connectivity index is 1.05. The largest absolute Gasteiger partial charge is 0.446 e. The van der Waals surface area contributed by atoms with Crippen molar-refractivity contribution in [2.24, 2.45) is 7.05 Å². The van der Waals surface area contributed by atoms with Crippen LogP contribution in [0.2, 0.25) is 0 Å². The number of aryl methyl sites for hydroxylation is 1. The van der Waals surface area contributed by atoms with Crippen LogP contribution in [0.4, 0.5) is 9.18 Å². The second kappa shape index (κ2) is 9.23. The van der Waals surface area contributed by atoms with E-state index in [1.165, 1.54) is 16.5 Å². The number of benzene rings is 2. The minimum Gasteiger partial charge on any atom is -0.446 e.